The van der Waals surface area contributed by atoms with E-state index in [1.165, 1.54) is 6.33 Å². The van der Waals surface area contributed by atoms with Crippen molar-refractivity contribution in [2.24, 2.45) is 0 Å². The Kier molecular flexibility index (Phi) is 5.77. The highest BCUT2D eigenvalue weighted by atomic mass is 35.5. The van der Waals surface area contributed by atoms with Crippen LogP contribution in [0.15, 0.2) is 48.8 Å². The van der Waals surface area contributed by atoms with E-state index in [-0.39, 0.29) is 11.9 Å². The highest BCUT2D eigenvalue weighted by molar-refractivity contribution is 8.12. The van der Waals surface area contributed by atoms with Crippen LogP contribution < -0.4 is 0 Å². The van der Waals surface area contributed by atoms with E-state index in [0.717, 1.165) is 22.9 Å². The number of halogens is 3. The van der Waals surface area contributed by atoms with Crippen molar-refractivity contribution in [2.75, 3.05) is 0 Å². The molecule has 2 heterocycles. The third kappa shape index (κ3) is 4.11. The largest absolute Gasteiger partial charge is 0.473 e. The van der Waals surface area contributed by atoms with Gasteiger partial charge in [-0.1, -0.05) is 59.1 Å². The number of benzene rings is 2. The van der Waals surface area contributed by atoms with Crippen molar-refractivity contribution in [3.8, 4) is 0 Å². The Morgan fingerprint density at radius 3 is 2.72 bits per heavy atom. The lowest BCUT2D eigenvalue weighted by Crippen LogP contribution is -2.22. The highest BCUT2D eigenvalue weighted by Gasteiger charge is 2.60. The molecule has 1 saturated heterocycles. The Morgan fingerprint density at radius 2 is 2.00 bits per heavy atom. The second kappa shape index (κ2) is 8.16. The maximum Gasteiger partial charge on any atom is 0.365 e. The van der Waals surface area contributed by atoms with Crippen molar-refractivity contribution in [1.82, 2.24) is 14.8 Å². The summed E-state index contributed by atoms with van der Waals surface area (Å²) < 4.78 is 7.85. The molecule has 2 unspecified atom stereocenters. The molecular formula is C19H14Cl3N3O3S. The number of ether oxygens (including phenoxy) is 1. The van der Waals surface area contributed by atoms with Gasteiger partial charge in [0.2, 0.25) is 0 Å². The SMILES string of the molecule is O=C(O)SCc1ncnn1CC1(c2ccccc2Cl)OC1c1ccc(Cl)cc1Cl. The molecule has 2 atom stereocenters. The van der Waals surface area contributed by atoms with Gasteiger partial charge in [0.05, 0.1) is 12.3 Å². The van der Waals surface area contributed by atoms with E-state index >= 15 is 0 Å². The molecule has 0 aliphatic carbocycles. The number of hydrogen-bond donors (Lipinski definition) is 1. The average Bonchev–Trinajstić information content (AvgIpc) is 3.20. The smallest absolute Gasteiger partial charge is 0.365 e. The second-order valence-corrected chi connectivity index (χ2v) is 8.60. The average molecular weight is 471 g/mol. The summed E-state index contributed by atoms with van der Waals surface area (Å²) >= 11 is 19.7. The number of aromatic nitrogens is 3. The standard InChI is InChI=1S/C19H14Cl3N3O3S/c20-11-5-6-12(15(22)7-11)17-19(28-17,13-3-1-2-4-14(13)21)9-25-16(23-10-24-25)8-29-18(26)27/h1-7,10,17H,8-9H2,(H,26,27). The zero-order valence-electron chi connectivity index (χ0n) is 14.8. The van der Waals surface area contributed by atoms with E-state index in [1.54, 1.807) is 22.9 Å². The van der Waals surface area contributed by atoms with E-state index in [4.69, 9.17) is 44.6 Å². The van der Waals surface area contributed by atoms with E-state index in [9.17, 15) is 4.79 Å². The first-order chi connectivity index (χ1) is 13.9. The molecule has 0 amide bonds. The number of nitrogens with zero attached hydrogens (tertiary/aromatic N) is 3. The molecule has 150 valence electrons. The zero-order chi connectivity index (χ0) is 20.6. The van der Waals surface area contributed by atoms with Crippen LogP contribution in [-0.2, 0) is 22.6 Å². The maximum atomic E-state index is 10.9. The van der Waals surface area contributed by atoms with Gasteiger partial charge in [-0.2, -0.15) is 5.10 Å². The Morgan fingerprint density at radius 1 is 1.21 bits per heavy atom. The molecular weight excluding hydrogens is 457 g/mol. The molecule has 1 aliphatic heterocycles. The van der Waals surface area contributed by atoms with Crippen molar-refractivity contribution >= 4 is 51.9 Å². The molecule has 1 fully saturated rings. The van der Waals surface area contributed by atoms with Crippen molar-refractivity contribution in [3.05, 3.63) is 80.8 Å². The van der Waals surface area contributed by atoms with Gasteiger partial charge in [-0.15, -0.1) is 0 Å². The molecule has 6 nitrogen and oxygen atoms in total. The summed E-state index contributed by atoms with van der Waals surface area (Å²) in [7, 11) is 0. The molecule has 0 radical (unpaired) electrons. The summed E-state index contributed by atoms with van der Waals surface area (Å²) in [6.45, 7) is 0.301. The summed E-state index contributed by atoms with van der Waals surface area (Å²) in [6, 6.07) is 12.7. The van der Waals surface area contributed by atoms with E-state index in [1.807, 2.05) is 24.3 Å². The van der Waals surface area contributed by atoms with Gasteiger partial charge in [0.25, 0.3) is 0 Å². The first-order valence-electron chi connectivity index (χ1n) is 8.51. The first kappa shape index (κ1) is 20.5. The number of carbonyl (C=O) groups is 1. The predicted molar refractivity (Wildman–Crippen MR) is 113 cm³/mol. The fraction of sp³-hybridized carbons (Fsp3) is 0.211. The summed E-state index contributed by atoms with van der Waals surface area (Å²) in [4.78, 5) is 15.1. The number of thioether (sulfide) groups is 1. The van der Waals surface area contributed by atoms with E-state index in [0.29, 0.717) is 27.4 Å². The third-order valence-electron chi connectivity index (χ3n) is 4.67. The topological polar surface area (TPSA) is 80.5 Å². The van der Waals surface area contributed by atoms with Crippen LogP contribution in [-0.4, -0.2) is 25.2 Å². The van der Waals surface area contributed by atoms with Crippen LogP contribution in [0.2, 0.25) is 15.1 Å². The summed E-state index contributed by atoms with van der Waals surface area (Å²) in [5.41, 5.74) is 0.772. The molecule has 2 aromatic carbocycles. The minimum absolute atomic E-state index is 0.181. The van der Waals surface area contributed by atoms with Crippen LogP contribution in [0.1, 0.15) is 23.1 Å². The van der Waals surface area contributed by atoms with Crippen molar-refractivity contribution in [3.63, 3.8) is 0 Å². The van der Waals surface area contributed by atoms with Crippen LogP contribution in [0, 0.1) is 0 Å². The van der Waals surface area contributed by atoms with Gasteiger partial charge < -0.3 is 9.84 Å². The van der Waals surface area contributed by atoms with Crippen LogP contribution in [0.25, 0.3) is 0 Å². The normalized spacial score (nSPS) is 20.6. The van der Waals surface area contributed by atoms with Crippen LogP contribution >= 0.6 is 46.6 Å². The van der Waals surface area contributed by atoms with Crippen LogP contribution in [0.4, 0.5) is 4.79 Å². The fourth-order valence-corrected chi connectivity index (χ4v) is 4.58. The number of rotatable bonds is 6. The molecule has 10 heteroatoms. The molecule has 4 rings (SSSR count). The fourth-order valence-electron chi connectivity index (χ4n) is 3.30. The minimum atomic E-state index is -0.978. The molecule has 1 aromatic heterocycles. The molecule has 29 heavy (non-hydrogen) atoms. The van der Waals surface area contributed by atoms with Gasteiger partial charge in [0.15, 0.2) is 0 Å². The number of epoxide rings is 1. The van der Waals surface area contributed by atoms with Crippen LogP contribution in [0.5, 0.6) is 0 Å². The van der Waals surface area contributed by atoms with Gasteiger partial charge in [-0.3, -0.25) is 0 Å². The first-order valence-corrected chi connectivity index (χ1v) is 10.6. The summed E-state index contributed by atoms with van der Waals surface area (Å²) in [5, 5.41) is 13.8. The summed E-state index contributed by atoms with van der Waals surface area (Å²) in [5.74, 6) is 0.709. The minimum Gasteiger partial charge on any atom is -0.473 e. The molecule has 1 aliphatic rings. The Balaban J connectivity index is 1.72. The molecule has 0 spiro atoms. The molecule has 3 aromatic rings. The lowest BCUT2D eigenvalue weighted by molar-refractivity contribution is 0.222. The van der Waals surface area contributed by atoms with Crippen LogP contribution in [0.3, 0.4) is 0 Å². The number of carboxylic acid groups (broad SMARTS) is 1. The van der Waals surface area contributed by atoms with Gasteiger partial charge in [0.1, 0.15) is 23.9 Å². The van der Waals surface area contributed by atoms with Crippen molar-refractivity contribution in [2.45, 2.75) is 24.0 Å². The molecule has 0 bridgehead atoms. The Bertz CT molecular complexity index is 1080. The van der Waals surface area contributed by atoms with Crippen molar-refractivity contribution in [1.29, 1.82) is 0 Å². The van der Waals surface area contributed by atoms with Gasteiger partial charge in [-0.05, 0) is 30.0 Å². The Hall–Kier alpha value is -1.77. The highest BCUT2D eigenvalue weighted by Crippen LogP contribution is 2.60. The zero-order valence-corrected chi connectivity index (χ0v) is 17.8. The molecule has 0 saturated carbocycles. The lowest BCUT2D eigenvalue weighted by atomic mass is 9.91. The third-order valence-corrected chi connectivity index (χ3v) is 6.22. The molecule has 1 N–H and O–H groups in total. The van der Waals surface area contributed by atoms with Gasteiger partial charge in [0, 0.05) is 26.2 Å². The quantitative estimate of drug-likeness (QED) is 0.457. The Labute approximate surface area is 185 Å². The van der Waals surface area contributed by atoms with Crippen molar-refractivity contribution < 1.29 is 14.6 Å². The second-order valence-electron chi connectivity index (χ2n) is 6.42. The lowest BCUT2D eigenvalue weighted by Gasteiger charge is -2.17. The van der Waals surface area contributed by atoms with Gasteiger partial charge in [-0.25, -0.2) is 14.5 Å². The monoisotopic (exact) mass is 469 g/mol. The predicted octanol–water partition coefficient (Wildman–Crippen LogP) is 5.82. The number of hydrogen-bond acceptors (Lipinski definition) is 5. The maximum absolute atomic E-state index is 10.9. The van der Waals surface area contributed by atoms with Gasteiger partial charge >= 0.3 is 5.30 Å². The summed E-state index contributed by atoms with van der Waals surface area (Å²) in [6.07, 6.45) is 1.03. The van der Waals surface area contributed by atoms with E-state index < -0.39 is 10.9 Å². The van der Waals surface area contributed by atoms with E-state index in [2.05, 4.69) is 10.1 Å².